The van der Waals surface area contributed by atoms with Gasteiger partial charge >= 0.3 is 0 Å². The van der Waals surface area contributed by atoms with E-state index in [9.17, 15) is 14.9 Å². The summed E-state index contributed by atoms with van der Waals surface area (Å²) >= 11 is 0. The van der Waals surface area contributed by atoms with Crippen LogP contribution in [0.15, 0.2) is 18.2 Å². The number of Topliss-reactive ketones (excluding diaryl/α,β-unsaturated/α-hetero) is 1. The molecule has 0 N–H and O–H groups in total. The van der Waals surface area contributed by atoms with Crippen molar-refractivity contribution in [1.82, 2.24) is 14.8 Å². The highest BCUT2D eigenvalue weighted by atomic mass is 16.6. The topological polar surface area (TPSA) is 90.9 Å². The van der Waals surface area contributed by atoms with Gasteiger partial charge in [0, 0.05) is 18.9 Å². The summed E-state index contributed by atoms with van der Waals surface area (Å²) in [5.41, 5.74) is 0.489. The van der Waals surface area contributed by atoms with E-state index >= 15 is 0 Å². The van der Waals surface area contributed by atoms with Crippen LogP contribution in [0.4, 0.5) is 5.69 Å². The number of aromatic nitrogens is 3. The molecular weight excluding hydrogens is 272 g/mol. The van der Waals surface area contributed by atoms with Crippen molar-refractivity contribution in [3.05, 3.63) is 45.5 Å². The molecule has 1 heterocycles. The number of aryl methyl sites for hydroxylation is 2. The fourth-order valence-electron chi connectivity index (χ4n) is 2.07. The molecule has 0 fully saturated rings. The van der Waals surface area contributed by atoms with E-state index in [0.717, 1.165) is 5.82 Å². The van der Waals surface area contributed by atoms with Crippen molar-refractivity contribution in [1.29, 1.82) is 0 Å². The molecule has 0 amide bonds. The number of hydrogen-bond acceptors (Lipinski definition) is 5. The second-order valence-electron chi connectivity index (χ2n) is 4.58. The summed E-state index contributed by atoms with van der Waals surface area (Å²) < 4.78 is 1.63. The van der Waals surface area contributed by atoms with Gasteiger partial charge < -0.3 is 0 Å². The van der Waals surface area contributed by atoms with Gasteiger partial charge in [-0.15, -0.1) is 0 Å². The largest absolute Gasteiger partial charge is 0.294 e. The van der Waals surface area contributed by atoms with Crippen LogP contribution in [0.1, 0.15) is 42.8 Å². The molecular formula is C14H16N4O3. The second-order valence-corrected chi connectivity index (χ2v) is 4.58. The Kier molecular flexibility index (Phi) is 4.11. The third-order valence-corrected chi connectivity index (χ3v) is 3.15. The van der Waals surface area contributed by atoms with Crippen LogP contribution in [0.25, 0.3) is 5.69 Å². The third-order valence-electron chi connectivity index (χ3n) is 3.15. The summed E-state index contributed by atoms with van der Waals surface area (Å²) in [4.78, 5) is 26.4. The van der Waals surface area contributed by atoms with Crippen molar-refractivity contribution in [2.24, 2.45) is 0 Å². The Morgan fingerprint density at radius 2 is 2.05 bits per heavy atom. The SMILES string of the molecule is CCc1nc(CC)n(-c2ccc([N+](=O)[O-])c(C(C)=O)c2)n1. The number of nitrogens with zero attached hydrogens (tertiary/aromatic N) is 4. The Morgan fingerprint density at radius 3 is 2.57 bits per heavy atom. The van der Waals surface area contributed by atoms with Gasteiger partial charge in [-0.25, -0.2) is 9.67 Å². The normalized spacial score (nSPS) is 10.6. The Bertz CT molecular complexity index is 706. The number of carbonyl (C=O) groups excluding carboxylic acids is 1. The number of hydrogen-bond donors (Lipinski definition) is 0. The number of benzene rings is 1. The highest BCUT2D eigenvalue weighted by Gasteiger charge is 2.19. The zero-order chi connectivity index (χ0) is 15.6. The van der Waals surface area contributed by atoms with Crippen molar-refractivity contribution >= 4 is 11.5 Å². The van der Waals surface area contributed by atoms with E-state index in [1.54, 1.807) is 10.7 Å². The van der Waals surface area contributed by atoms with Crippen LogP contribution in [-0.4, -0.2) is 25.5 Å². The van der Waals surface area contributed by atoms with Gasteiger partial charge in [0.15, 0.2) is 11.6 Å². The van der Waals surface area contributed by atoms with Gasteiger partial charge in [0.25, 0.3) is 5.69 Å². The molecule has 0 atom stereocenters. The number of ketones is 1. The molecule has 2 rings (SSSR count). The molecule has 0 saturated heterocycles. The van der Waals surface area contributed by atoms with Crippen LogP contribution in [0.5, 0.6) is 0 Å². The van der Waals surface area contributed by atoms with Gasteiger partial charge in [-0.05, 0) is 19.1 Å². The first-order valence-corrected chi connectivity index (χ1v) is 6.72. The molecule has 0 bridgehead atoms. The molecule has 0 aliphatic rings. The monoisotopic (exact) mass is 288 g/mol. The van der Waals surface area contributed by atoms with Crippen molar-refractivity contribution in [3.63, 3.8) is 0 Å². The fraction of sp³-hybridized carbons (Fsp3) is 0.357. The smallest absolute Gasteiger partial charge is 0.280 e. The summed E-state index contributed by atoms with van der Waals surface area (Å²) in [5.74, 6) is 1.11. The number of nitro benzene ring substituents is 1. The molecule has 0 aliphatic carbocycles. The Hall–Kier alpha value is -2.57. The molecule has 2 aromatic rings. The summed E-state index contributed by atoms with van der Waals surface area (Å²) in [5, 5.41) is 15.3. The van der Waals surface area contributed by atoms with E-state index in [1.807, 2.05) is 13.8 Å². The van der Waals surface area contributed by atoms with Crippen LogP contribution in [0, 0.1) is 10.1 Å². The quantitative estimate of drug-likeness (QED) is 0.479. The van der Waals surface area contributed by atoms with Crippen LogP contribution in [0.2, 0.25) is 0 Å². The minimum atomic E-state index is -0.555. The number of carbonyl (C=O) groups is 1. The zero-order valence-electron chi connectivity index (χ0n) is 12.2. The highest BCUT2D eigenvalue weighted by Crippen LogP contribution is 2.23. The average Bonchev–Trinajstić information content (AvgIpc) is 2.89. The molecule has 0 saturated carbocycles. The highest BCUT2D eigenvalue weighted by molar-refractivity contribution is 5.98. The van der Waals surface area contributed by atoms with Crippen LogP contribution in [-0.2, 0) is 12.8 Å². The molecule has 1 aromatic heterocycles. The van der Waals surface area contributed by atoms with E-state index in [4.69, 9.17) is 0 Å². The predicted octanol–water partition coefficient (Wildman–Crippen LogP) is 2.50. The number of nitro groups is 1. The maximum atomic E-state index is 11.6. The van der Waals surface area contributed by atoms with Crippen LogP contribution in [0.3, 0.4) is 0 Å². The van der Waals surface area contributed by atoms with E-state index in [-0.39, 0.29) is 17.0 Å². The predicted molar refractivity (Wildman–Crippen MR) is 76.8 cm³/mol. The van der Waals surface area contributed by atoms with Crippen LogP contribution >= 0.6 is 0 Å². The zero-order valence-corrected chi connectivity index (χ0v) is 12.2. The minimum Gasteiger partial charge on any atom is -0.294 e. The van der Waals surface area contributed by atoms with Gasteiger partial charge in [0.1, 0.15) is 5.82 Å². The first kappa shape index (κ1) is 14.8. The molecule has 110 valence electrons. The van der Waals surface area contributed by atoms with Crippen molar-refractivity contribution in [2.75, 3.05) is 0 Å². The molecule has 0 aliphatic heterocycles. The van der Waals surface area contributed by atoms with Crippen molar-refractivity contribution < 1.29 is 9.72 Å². The maximum absolute atomic E-state index is 11.6. The Morgan fingerprint density at radius 1 is 1.33 bits per heavy atom. The van der Waals surface area contributed by atoms with E-state index in [1.165, 1.54) is 19.1 Å². The maximum Gasteiger partial charge on any atom is 0.280 e. The average molecular weight is 288 g/mol. The van der Waals surface area contributed by atoms with Gasteiger partial charge in [0.2, 0.25) is 0 Å². The summed E-state index contributed by atoms with van der Waals surface area (Å²) in [6, 6.07) is 4.41. The summed E-state index contributed by atoms with van der Waals surface area (Å²) in [6.45, 7) is 5.22. The lowest BCUT2D eigenvalue weighted by molar-refractivity contribution is -0.385. The molecule has 21 heavy (non-hydrogen) atoms. The lowest BCUT2D eigenvalue weighted by Gasteiger charge is -2.06. The van der Waals surface area contributed by atoms with E-state index < -0.39 is 4.92 Å². The molecule has 1 aromatic carbocycles. The Labute approximate surface area is 121 Å². The first-order chi connectivity index (χ1) is 9.97. The standard InChI is InChI=1S/C14H16N4O3/c1-4-13-15-14(5-2)17(16-13)10-6-7-12(18(20)21)11(8-10)9(3)19/h6-8H,4-5H2,1-3H3. The first-order valence-electron chi connectivity index (χ1n) is 6.72. The third kappa shape index (κ3) is 2.81. The molecule has 7 heteroatoms. The van der Waals surface area contributed by atoms with Gasteiger partial charge in [-0.1, -0.05) is 13.8 Å². The molecule has 0 unspecified atom stereocenters. The van der Waals surface area contributed by atoms with Gasteiger partial charge in [-0.2, -0.15) is 5.10 Å². The minimum absolute atomic E-state index is 0.0769. The lowest BCUT2D eigenvalue weighted by atomic mass is 10.1. The lowest BCUT2D eigenvalue weighted by Crippen LogP contribution is -2.06. The number of rotatable bonds is 5. The van der Waals surface area contributed by atoms with Crippen molar-refractivity contribution in [3.8, 4) is 5.69 Å². The van der Waals surface area contributed by atoms with E-state index in [2.05, 4.69) is 10.1 Å². The Balaban J connectivity index is 2.60. The van der Waals surface area contributed by atoms with Gasteiger partial charge in [0.05, 0.1) is 16.2 Å². The molecule has 0 radical (unpaired) electrons. The van der Waals surface area contributed by atoms with Gasteiger partial charge in [-0.3, -0.25) is 14.9 Å². The molecule has 7 nitrogen and oxygen atoms in total. The summed E-state index contributed by atoms with van der Waals surface area (Å²) in [6.07, 6.45) is 1.38. The van der Waals surface area contributed by atoms with E-state index in [0.29, 0.717) is 24.4 Å². The van der Waals surface area contributed by atoms with Crippen molar-refractivity contribution in [2.45, 2.75) is 33.6 Å². The van der Waals surface area contributed by atoms with Crippen LogP contribution < -0.4 is 0 Å². The molecule has 0 spiro atoms. The fourth-order valence-corrected chi connectivity index (χ4v) is 2.07. The second kappa shape index (κ2) is 5.82. The summed E-state index contributed by atoms with van der Waals surface area (Å²) in [7, 11) is 0.